The first-order valence-electron chi connectivity index (χ1n) is 6.44. The van der Waals surface area contributed by atoms with Gasteiger partial charge in [0.1, 0.15) is 11.9 Å². The molecule has 2 atom stereocenters. The lowest BCUT2D eigenvalue weighted by molar-refractivity contribution is -0.131. The largest absolute Gasteiger partial charge is 0.476 e. The number of para-hydroxylation sites is 2. The average molecular weight is 249 g/mol. The summed E-state index contributed by atoms with van der Waals surface area (Å²) in [6, 6.07) is 7.45. The minimum absolute atomic E-state index is 0.124. The summed E-state index contributed by atoms with van der Waals surface area (Å²) < 4.78 is 11.4. The van der Waals surface area contributed by atoms with Crippen LogP contribution in [0.3, 0.4) is 0 Å². The van der Waals surface area contributed by atoms with Gasteiger partial charge in [-0.25, -0.2) is 0 Å². The van der Waals surface area contributed by atoms with Crippen molar-refractivity contribution in [1.29, 1.82) is 0 Å². The average Bonchev–Trinajstić information content (AvgIpc) is 2.38. The SMILES string of the molecule is CCC[C@@H](OCC)[C@@H]1Oc2ccccc2NC1=O. The van der Waals surface area contributed by atoms with Gasteiger partial charge in [-0.15, -0.1) is 0 Å². The van der Waals surface area contributed by atoms with Crippen molar-refractivity contribution >= 4 is 11.6 Å². The van der Waals surface area contributed by atoms with Crippen molar-refractivity contribution in [2.24, 2.45) is 0 Å². The number of carbonyl (C=O) groups is 1. The molecule has 1 aromatic rings. The fourth-order valence-electron chi connectivity index (χ4n) is 2.13. The summed E-state index contributed by atoms with van der Waals surface area (Å²) in [5, 5.41) is 2.86. The molecule has 1 aliphatic rings. The van der Waals surface area contributed by atoms with Gasteiger partial charge in [-0.2, -0.15) is 0 Å². The highest BCUT2D eigenvalue weighted by atomic mass is 16.5. The number of carbonyl (C=O) groups excluding carboxylic acids is 1. The van der Waals surface area contributed by atoms with Crippen molar-refractivity contribution < 1.29 is 14.3 Å². The zero-order valence-corrected chi connectivity index (χ0v) is 10.8. The Labute approximate surface area is 107 Å². The monoisotopic (exact) mass is 249 g/mol. The Morgan fingerprint density at radius 1 is 1.39 bits per heavy atom. The van der Waals surface area contributed by atoms with Crippen molar-refractivity contribution in [2.75, 3.05) is 11.9 Å². The molecule has 4 heteroatoms. The molecule has 2 rings (SSSR count). The van der Waals surface area contributed by atoms with Gasteiger partial charge in [0.05, 0.1) is 5.69 Å². The number of rotatable bonds is 5. The van der Waals surface area contributed by atoms with Crippen LogP contribution in [0.2, 0.25) is 0 Å². The molecule has 0 fully saturated rings. The van der Waals surface area contributed by atoms with Crippen LogP contribution in [-0.4, -0.2) is 24.7 Å². The van der Waals surface area contributed by atoms with Crippen molar-refractivity contribution in [3.05, 3.63) is 24.3 Å². The topological polar surface area (TPSA) is 47.6 Å². The van der Waals surface area contributed by atoms with Crippen LogP contribution < -0.4 is 10.1 Å². The molecule has 18 heavy (non-hydrogen) atoms. The minimum atomic E-state index is -0.556. The van der Waals surface area contributed by atoms with E-state index in [2.05, 4.69) is 12.2 Å². The second kappa shape index (κ2) is 5.87. The van der Waals surface area contributed by atoms with Gasteiger partial charge in [-0.1, -0.05) is 25.5 Å². The first-order chi connectivity index (χ1) is 8.76. The lowest BCUT2D eigenvalue weighted by atomic mass is 10.1. The lowest BCUT2D eigenvalue weighted by Crippen LogP contribution is -2.46. The fraction of sp³-hybridized carbons (Fsp3) is 0.500. The number of hydrogen-bond donors (Lipinski definition) is 1. The van der Waals surface area contributed by atoms with Gasteiger partial charge in [0.25, 0.3) is 5.91 Å². The smallest absolute Gasteiger partial charge is 0.268 e. The van der Waals surface area contributed by atoms with Gasteiger partial charge in [-0.05, 0) is 25.5 Å². The molecule has 98 valence electrons. The van der Waals surface area contributed by atoms with E-state index in [4.69, 9.17) is 9.47 Å². The summed E-state index contributed by atoms with van der Waals surface area (Å²) >= 11 is 0. The second-order valence-electron chi connectivity index (χ2n) is 4.31. The number of nitrogens with one attached hydrogen (secondary N) is 1. The zero-order valence-electron chi connectivity index (χ0n) is 10.8. The number of hydrogen-bond acceptors (Lipinski definition) is 3. The maximum atomic E-state index is 12.0. The van der Waals surface area contributed by atoms with Crippen molar-refractivity contribution in [3.63, 3.8) is 0 Å². The Balaban J connectivity index is 2.17. The van der Waals surface area contributed by atoms with E-state index < -0.39 is 6.10 Å². The number of amides is 1. The number of anilines is 1. The Morgan fingerprint density at radius 2 is 2.17 bits per heavy atom. The van der Waals surface area contributed by atoms with E-state index in [0.717, 1.165) is 18.5 Å². The summed E-state index contributed by atoms with van der Waals surface area (Å²) in [7, 11) is 0. The Hall–Kier alpha value is -1.55. The van der Waals surface area contributed by atoms with E-state index in [9.17, 15) is 4.79 Å². The van der Waals surface area contributed by atoms with Crippen LogP contribution in [0.1, 0.15) is 26.7 Å². The number of fused-ring (bicyclic) bond motifs is 1. The maximum Gasteiger partial charge on any atom is 0.268 e. The van der Waals surface area contributed by atoms with Gasteiger partial charge in [0.15, 0.2) is 0 Å². The maximum absolute atomic E-state index is 12.0. The molecule has 1 amide bonds. The van der Waals surface area contributed by atoms with Gasteiger partial charge < -0.3 is 14.8 Å². The molecule has 1 aromatic carbocycles. The van der Waals surface area contributed by atoms with Crippen LogP contribution >= 0.6 is 0 Å². The van der Waals surface area contributed by atoms with Gasteiger partial charge in [0, 0.05) is 6.61 Å². The fourth-order valence-corrected chi connectivity index (χ4v) is 2.13. The van der Waals surface area contributed by atoms with E-state index in [1.54, 1.807) is 0 Å². The molecule has 1 heterocycles. The summed E-state index contributed by atoms with van der Waals surface area (Å²) in [6.07, 6.45) is 1.03. The first-order valence-corrected chi connectivity index (χ1v) is 6.44. The second-order valence-corrected chi connectivity index (χ2v) is 4.31. The normalized spacial score (nSPS) is 19.7. The predicted octanol–water partition coefficient (Wildman–Crippen LogP) is 2.59. The number of benzene rings is 1. The third-order valence-electron chi connectivity index (χ3n) is 2.95. The molecule has 0 saturated carbocycles. The zero-order chi connectivity index (χ0) is 13.0. The molecule has 0 radical (unpaired) electrons. The van der Waals surface area contributed by atoms with Crippen LogP contribution in [0.15, 0.2) is 24.3 Å². The van der Waals surface area contributed by atoms with E-state index in [-0.39, 0.29) is 12.0 Å². The highest BCUT2D eigenvalue weighted by Crippen LogP contribution is 2.30. The summed E-state index contributed by atoms with van der Waals surface area (Å²) in [5.74, 6) is 0.587. The third-order valence-corrected chi connectivity index (χ3v) is 2.95. The quantitative estimate of drug-likeness (QED) is 0.872. The third kappa shape index (κ3) is 2.64. The highest BCUT2D eigenvalue weighted by molar-refractivity contribution is 5.98. The Kier molecular flexibility index (Phi) is 4.20. The molecule has 4 nitrogen and oxygen atoms in total. The van der Waals surface area contributed by atoms with Crippen LogP contribution in [0.25, 0.3) is 0 Å². The van der Waals surface area contributed by atoms with E-state index in [1.165, 1.54) is 0 Å². The van der Waals surface area contributed by atoms with E-state index in [0.29, 0.717) is 12.4 Å². The standard InChI is InChI=1S/C14H19NO3/c1-3-7-12(17-4-2)13-14(16)15-10-8-5-6-9-11(10)18-13/h5-6,8-9,12-13H,3-4,7H2,1-2H3,(H,15,16)/t12-,13+/m1/s1. The van der Waals surface area contributed by atoms with Crippen molar-refractivity contribution in [2.45, 2.75) is 38.9 Å². The lowest BCUT2D eigenvalue weighted by Gasteiger charge is -2.31. The molecule has 0 unspecified atom stereocenters. The van der Waals surface area contributed by atoms with Crippen LogP contribution in [0.4, 0.5) is 5.69 Å². The molecule has 0 bridgehead atoms. The summed E-state index contributed by atoms with van der Waals surface area (Å²) in [5.41, 5.74) is 0.727. The Morgan fingerprint density at radius 3 is 2.89 bits per heavy atom. The van der Waals surface area contributed by atoms with E-state index in [1.807, 2.05) is 31.2 Å². The van der Waals surface area contributed by atoms with E-state index >= 15 is 0 Å². The first kappa shape index (κ1) is 12.9. The van der Waals surface area contributed by atoms with Crippen LogP contribution in [0, 0.1) is 0 Å². The number of ether oxygens (including phenoxy) is 2. The van der Waals surface area contributed by atoms with Crippen LogP contribution in [-0.2, 0) is 9.53 Å². The van der Waals surface area contributed by atoms with Gasteiger partial charge >= 0.3 is 0 Å². The van der Waals surface area contributed by atoms with Crippen molar-refractivity contribution in [1.82, 2.24) is 0 Å². The molecule has 0 saturated heterocycles. The molecule has 0 spiro atoms. The predicted molar refractivity (Wildman–Crippen MR) is 69.8 cm³/mol. The molecule has 0 aliphatic carbocycles. The van der Waals surface area contributed by atoms with Crippen molar-refractivity contribution in [3.8, 4) is 5.75 Å². The molecule has 1 N–H and O–H groups in total. The molecular formula is C14H19NO3. The van der Waals surface area contributed by atoms with Crippen LogP contribution in [0.5, 0.6) is 5.75 Å². The summed E-state index contributed by atoms with van der Waals surface area (Å²) in [6.45, 7) is 4.58. The van der Waals surface area contributed by atoms with Gasteiger partial charge in [-0.3, -0.25) is 4.79 Å². The highest BCUT2D eigenvalue weighted by Gasteiger charge is 2.34. The molecule has 1 aliphatic heterocycles. The minimum Gasteiger partial charge on any atom is -0.476 e. The molecule has 0 aromatic heterocycles. The molecular weight excluding hydrogens is 230 g/mol. The summed E-state index contributed by atoms with van der Waals surface area (Å²) in [4.78, 5) is 12.0. The Bertz CT molecular complexity index is 413. The van der Waals surface area contributed by atoms with Gasteiger partial charge in [0.2, 0.25) is 6.10 Å².